The molecule has 0 aliphatic rings. The molecule has 4 heteroatoms. The van der Waals surface area contributed by atoms with E-state index in [1.165, 1.54) is 7.11 Å². The van der Waals surface area contributed by atoms with Gasteiger partial charge in [0, 0.05) is 5.88 Å². The van der Waals surface area contributed by atoms with Crippen LogP contribution in [0, 0.1) is 18.3 Å². The van der Waals surface area contributed by atoms with Crippen molar-refractivity contribution in [2.75, 3.05) is 7.11 Å². The number of methoxy groups -OCH3 is 1. The van der Waals surface area contributed by atoms with Gasteiger partial charge in [-0.1, -0.05) is 6.07 Å². The Morgan fingerprint density at radius 3 is 2.75 bits per heavy atom. The summed E-state index contributed by atoms with van der Waals surface area (Å²) < 4.78 is 4.60. The van der Waals surface area contributed by atoms with Gasteiger partial charge in [0.1, 0.15) is 0 Å². The first-order chi connectivity index (χ1) is 7.62. The fraction of sp³-hybridized carbons (Fsp3) is 0.333. The lowest BCUT2D eigenvalue weighted by molar-refractivity contribution is -0.139. The number of nitrogens with zero attached hydrogens (tertiary/aromatic N) is 1. The Balaban J connectivity index is 3.17. The molecule has 3 nitrogen and oxygen atoms in total. The second-order valence-electron chi connectivity index (χ2n) is 3.43. The summed E-state index contributed by atoms with van der Waals surface area (Å²) in [4.78, 5) is 11.2. The van der Waals surface area contributed by atoms with Gasteiger partial charge in [-0.2, -0.15) is 5.26 Å². The molecular weight excluding hydrogens is 226 g/mol. The van der Waals surface area contributed by atoms with Crippen LogP contribution >= 0.6 is 11.6 Å². The molecule has 0 aliphatic carbocycles. The van der Waals surface area contributed by atoms with E-state index in [1.807, 2.05) is 13.0 Å². The van der Waals surface area contributed by atoms with Gasteiger partial charge in [-0.25, -0.2) is 0 Å². The monoisotopic (exact) mass is 237 g/mol. The van der Waals surface area contributed by atoms with Crippen LogP contribution in [0.1, 0.15) is 22.3 Å². The Labute approximate surface area is 99.6 Å². The number of hydrogen-bond donors (Lipinski definition) is 0. The number of ether oxygens (including phenoxy) is 1. The Kier molecular flexibility index (Phi) is 4.33. The minimum atomic E-state index is -0.321. The highest BCUT2D eigenvalue weighted by Crippen LogP contribution is 2.18. The van der Waals surface area contributed by atoms with E-state index in [0.717, 1.165) is 16.7 Å². The zero-order valence-electron chi connectivity index (χ0n) is 9.21. The molecule has 16 heavy (non-hydrogen) atoms. The van der Waals surface area contributed by atoms with Crippen molar-refractivity contribution in [3.8, 4) is 6.07 Å². The molecule has 0 aromatic heterocycles. The highest BCUT2D eigenvalue weighted by atomic mass is 35.5. The van der Waals surface area contributed by atoms with Crippen molar-refractivity contribution in [3.63, 3.8) is 0 Å². The first kappa shape index (κ1) is 12.5. The predicted molar refractivity (Wildman–Crippen MR) is 61.2 cm³/mol. The van der Waals surface area contributed by atoms with Crippen LogP contribution in [-0.2, 0) is 21.8 Å². The van der Waals surface area contributed by atoms with Crippen LogP contribution in [0.5, 0.6) is 0 Å². The van der Waals surface area contributed by atoms with Crippen LogP contribution in [-0.4, -0.2) is 13.1 Å². The molecular formula is C12H12ClNO2. The molecule has 1 aromatic carbocycles. The number of carbonyl (C=O) groups excluding carboxylic acids is 1. The normalized spacial score (nSPS) is 9.62. The lowest BCUT2D eigenvalue weighted by atomic mass is 9.98. The minimum Gasteiger partial charge on any atom is -0.469 e. The first-order valence-corrected chi connectivity index (χ1v) is 5.31. The maximum absolute atomic E-state index is 11.2. The van der Waals surface area contributed by atoms with Gasteiger partial charge in [0.2, 0.25) is 0 Å². The van der Waals surface area contributed by atoms with Gasteiger partial charge in [-0.3, -0.25) is 4.79 Å². The smallest absolute Gasteiger partial charge is 0.309 e. The fourth-order valence-electron chi connectivity index (χ4n) is 1.44. The van der Waals surface area contributed by atoms with Crippen molar-refractivity contribution in [1.82, 2.24) is 0 Å². The first-order valence-electron chi connectivity index (χ1n) is 4.77. The summed E-state index contributed by atoms with van der Waals surface area (Å²) in [6.45, 7) is 1.81. The second kappa shape index (κ2) is 5.53. The lowest BCUT2D eigenvalue weighted by Crippen LogP contribution is -2.07. The van der Waals surface area contributed by atoms with Crippen LogP contribution in [0.25, 0.3) is 0 Å². The average molecular weight is 238 g/mol. The number of benzene rings is 1. The van der Waals surface area contributed by atoms with Crippen molar-refractivity contribution in [3.05, 3.63) is 34.4 Å². The molecule has 1 aromatic rings. The molecule has 0 spiro atoms. The average Bonchev–Trinajstić information content (AvgIpc) is 2.31. The number of nitriles is 1. The largest absolute Gasteiger partial charge is 0.469 e. The minimum absolute atomic E-state index is 0.168. The van der Waals surface area contributed by atoms with E-state index in [-0.39, 0.29) is 12.4 Å². The van der Waals surface area contributed by atoms with Gasteiger partial charge < -0.3 is 4.74 Å². The van der Waals surface area contributed by atoms with Crippen LogP contribution in [0.4, 0.5) is 0 Å². The van der Waals surface area contributed by atoms with Gasteiger partial charge in [0.15, 0.2) is 0 Å². The summed E-state index contributed by atoms with van der Waals surface area (Å²) in [6.07, 6.45) is 0.168. The molecule has 0 heterocycles. The third-order valence-electron chi connectivity index (χ3n) is 2.41. The molecule has 0 aliphatic heterocycles. The molecule has 0 N–H and O–H groups in total. The van der Waals surface area contributed by atoms with Gasteiger partial charge in [-0.05, 0) is 29.7 Å². The van der Waals surface area contributed by atoms with E-state index in [9.17, 15) is 4.79 Å². The molecule has 0 atom stereocenters. The second-order valence-corrected chi connectivity index (χ2v) is 3.69. The quantitative estimate of drug-likeness (QED) is 0.599. The number of esters is 1. The summed E-state index contributed by atoms with van der Waals surface area (Å²) in [5, 5.41) is 8.94. The van der Waals surface area contributed by atoms with E-state index in [2.05, 4.69) is 10.8 Å². The third kappa shape index (κ3) is 2.74. The zero-order valence-corrected chi connectivity index (χ0v) is 9.97. The van der Waals surface area contributed by atoms with E-state index < -0.39 is 0 Å². The zero-order chi connectivity index (χ0) is 12.1. The SMILES string of the molecule is COC(=O)Cc1cc(CCl)cc(C#N)c1C. The van der Waals surface area contributed by atoms with Gasteiger partial charge >= 0.3 is 5.97 Å². The van der Waals surface area contributed by atoms with E-state index >= 15 is 0 Å². The summed E-state index contributed by atoms with van der Waals surface area (Å²) in [6, 6.07) is 5.66. The molecule has 0 unspecified atom stereocenters. The van der Waals surface area contributed by atoms with Crippen LogP contribution in [0.2, 0.25) is 0 Å². The summed E-state index contributed by atoms with van der Waals surface area (Å²) >= 11 is 5.73. The molecule has 1 rings (SSSR count). The highest BCUT2D eigenvalue weighted by Gasteiger charge is 2.10. The van der Waals surface area contributed by atoms with Crippen LogP contribution in [0.15, 0.2) is 12.1 Å². The maximum atomic E-state index is 11.2. The summed E-state index contributed by atoms with van der Waals surface area (Å²) in [5.41, 5.74) is 2.99. The van der Waals surface area contributed by atoms with Crippen molar-refractivity contribution >= 4 is 17.6 Å². The topological polar surface area (TPSA) is 50.1 Å². The van der Waals surface area contributed by atoms with E-state index in [4.69, 9.17) is 16.9 Å². The Morgan fingerprint density at radius 1 is 1.56 bits per heavy atom. The predicted octanol–water partition coefficient (Wildman–Crippen LogP) is 2.32. The van der Waals surface area contributed by atoms with Crippen LogP contribution in [0.3, 0.4) is 0 Å². The van der Waals surface area contributed by atoms with Gasteiger partial charge in [0.05, 0.1) is 25.2 Å². The standard InChI is InChI=1S/C12H12ClNO2/c1-8-10(5-12(15)16-2)3-9(6-13)4-11(8)7-14/h3-4H,5-6H2,1-2H3. The van der Waals surface area contributed by atoms with Gasteiger partial charge in [-0.15, -0.1) is 11.6 Å². The Bertz CT molecular complexity index is 449. The molecule has 84 valence electrons. The van der Waals surface area contributed by atoms with E-state index in [0.29, 0.717) is 11.4 Å². The van der Waals surface area contributed by atoms with Crippen molar-refractivity contribution < 1.29 is 9.53 Å². The summed E-state index contributed by atoms with van der Waals surface area (Å²) in [5.74, 6) is 0.00192. The fourth-order valence-corrected chi connectivity index (χ4v) is 1.60. The van der Waals surface area contributed by atoms with Crippen LogP contribution < -0.4 is 0 Å². The molecule has 0 amide bonds. The molecule has 0 radical (unpaired) electrons. The number of rotatable bonds is 3. The highest BCUT2D eigenvalue weighted by molar-refractivity contribution is 6.17. The molecule has 0 bridgehead atoms. The lowest BCUT2D eigenvalue weighted by Gasteiger charge is -2.08. The van der Waals surface area contributed by atoms with Gasteiger partial charge in [0.25, 0.3) is 0 Å². The maximum Gasteiger partial charge on any atom is 0.309 e. The number of carbonyl (C=O) groups is 1. The van der Waals surface area contributed by atoms with Crippen molar-refractivity contribution in [2.45, 2.75) is 19.2 Å². The Morgan fingerprint density at radius 2 is 2.25 bits per heavy atom. The number of alkyl halides is 1. The molecule has 0 saturated heterocycles. The molecule has 0 fully saturated rings. The Hall–Kier alpha value is -1.53. The number of halogens is 1. The summed E-state index contributed by atoms with van der Waals surface area (Å²) in [7, 11) is 1.34. The van der Waals surface area contributed by atoms with E-state index in [1.54, 1.807) is 6.07 Å². The van der Waals surface area contributed by atoms with Crippen molar-refractivity contribution in [1.29, 1.82) is 5.26 Å². The molecule has 0 saturated carbocycles. The number of hydrogen-bond acceptors (Lipinski definition) is 3. The third-order valence-corrected chi connectivity index (χ3v) is 2.72. The van der Waals surface area contributed by atoms with Crippen molar-refractivity contribution in [2.24, 2.45) is 0 Å².